The maximum absolute atomic E-state index is 12.9. The van der Waals surface area contributed by atoms with E-state index in [9.17, 15) is 8.42 Å². The van der Waals surface area contributed by atoms with Crippen LogP contribution in [0.1, 0.15) is 5.56 Å². The molecule has 1 aliphatic heterocycles. The van der Waals surface area contributed by atoms with Crippen molar-refractivity contribution < 1.29 is 13.2 Å². The molecule has 3 aromatic rings. The quantitative estimate of drug-likeness (QED) is 0.660. The Morgan fingerprint density at radius 1 is 0.893 bits per heavy atom. The van der Waals surface area contributed by atoms with E-state index >= 15 is 0 Å². The maximum atomic E-state index is 12.9. The Morgan fingerprint density at radius 2 is 1.64 bits per heavy atom. The van der Waals surface area contributed by atoms with Crippen LogP contribution < -0.4 is 16.2 Å². The molecule has 0 fully saturated rings. The lowest BCUT2D eigenvalue weighted by Crippen LogP contribution is -2.42. The van der Waals surface area contributed by atoms with E-state index in [0.717, 1.165) is 4.31 Å². The van der Waals surface area contributed by atoms with Gasteiger partial charge in [-0.05, 0) is 42.5 Å². The molecule has 0 atom stereocenters. The van der Waals surface area contributed by atoms with Crippen molar-refractivity contribution in [2.45, 2.75) is 11.4 Å². The third-order valence-electron chi connectivity index (χ3n) is 4.28. The molecule has 0 spiro atoms. The Kier molecular flexibility index (Phi) is 4.40. The van der Waals surface area contributed by atoms with E-state index < -0.39 is 10.0 Å². The van der Waals surface area contributed by atoms with Gasteiger partial charge >= 0.3 is 0 Å². The first kappa shape index (κ1) is 17.9. The number of guanidine groups is 1. The second-order valence-electron chi connectivity index (χ2n) is 6.26. The van der Waals surface area contributed by atoms with E-state index in [1.54, 1.807) is 60.7 Å². The fraction of sp³-hybridized carbons (Fsp3) is 0.0500. The summed E-state index contributed by atoms with van der Waals surface area (Å²) in [6.45, 7) is 0.0655. The topological polar surface area (TPSA) is 111 Å². The molecule has 1 aliphatic rings. The zero-order valence-electron chi connectivity index (χ0n) is 14.8. The highest BCUT2D eigenvalue weighted by Crippen LogP contribution is 2.33. The van der Waals surface area contributed by atoms with Gasteiger partial charge in [0.15, 0.2) is 0 Å². The zero-order chi connectivity index (χ0) is 19.7. The second-order valence-corrected chi connectivity index (χ2v) is 8.12. The number of hydrogen-bond acceptors (Lipinski definition) is 6. The van der Waals surface area contributed by atoms with Crippen LogP contribution in [0.2, 0.25) is 0 Å². The number of nitrogen functional groups attached to an aromatic ring is 1. The largest absolute Gasteiger partial charge is 0.457 e. The van der Waals surface area contributed by atoms with Gasteiger partial charge in [0.25, 0.3) is 10.0 Å². The molecule has 4 N–H and O–H groups in total. The smallest absolute Gasteiger partial charge is 0.266 e. The van der Waals surface area contributed by atoms with Crippen LogP contribution in [-0.4, -0.2) is 18.7 Å². The van der Waals surface area contributed by atoms with Crippen molar-refractivity contribution in [1.82, 2.24) is 4.31 Å². The minimum absolute atomic E-state index is 0.0655. The summed E-state index contributed by atoms with van der Waals surface area (Å²) in [6.07, 6.45) is 0. The van der Waals surface area contributed by atoms with Gasteiger partial charge in [-0.1, -0.05) is 24.3 Å². The van der Waals surface area contributed by atoms with E-state index in [4.69, 9.17) is 16.2 Å². The summed E-state index contributed by atoms with van der Waals surface area (Å²) < 4.78 is 32.8. The molecule has 0 saturated carbocycles. The molecule has 0 aromatic heterocycles. The van der Waals surface area contributed by atoms with Crippen LogP contribution in [0.25, 0.3) is 0 Å². The first-order valence-electron chi connectivity index (χ1n) is 8.52. The lowest BCUT2D eigenvalue weighted by Gasteiger charge is -2.27. The van der Waals surface area contributed by atoms with Gasteiger partial charge in [0, 0.05) is 17.3 Å². The number of fused-ring (bicyclic) bond motifs is 1. The number of anilines is 1. The van der Waals surface area contributed by atoms with Crippen molar-refractivity contribution in [3.63, 3.8) is 0 Å². The maximum Gasteiger partial charge on any atom is 0.266 e. The predicted octanol–water partition coefficient (Wildman–Crippen LogP) is 3.21. The fourth-order valence-corrected chi connectivity index (χ4v) is 4.27. The van der Waals surface area contributed by atoms with Gasteiger partial charge in [-0.15, -0.1) is 0 Å². The van der Waals surface area contributed by atoms with Crippen LogP contribution in [0.5, 0.6) is 11.5 Å². The van der Waals surface area contributed by atoms with Crippen molar-refractivity contribution in [1.29, 1.82) is 0 Å². The molecule has 3 aromatic carbocycles. The van der Waals surface area contributed by atoms with Crippen LogP contribution in [0.4, 0.5) is 11.4 Å². The van der Waals surface area contributed by atoms with Crippen molar-refractivity contribution in [2.24, 2.45) is 10.7 Å². The SMILES string of the molecule is NC1=Nc2ccc(Oc3cccc(N)c3)cc2CN1S(=O)(=O)c1ccccc1. The monoisotopic (exact) mass is 394 g/mol. The molecule has 4 rings (SSSR count). The van der Waals surface area contributed by atoms with Crippen LogP contribution in [0.15, 0.2) is 82.7 Å². The molecule has 1 heterocycles. The van der Waals surface area contributed by atoms with E-state index in [1.807, 2.05) is 0 Å². The van der Waals surface area contributed by atoms with Gasteiger partial charge in [-0.2, -0.15) is 0 Å². The summed E-state index contributed by atoms with van der Waals surface area (Å²) in [7, 11) is -3.81. The number of aliphatic imine (C=N–C) groups is 1. The molecule has 8 heteroatoms. The molecule has 0 amide bonds. The van der Waals surface area contributed by atoms with Crippen molar-refractivity contribution >= 4 is 27.4 Å². The van der Waals surface area contributed by atoms with E-state index in [1.165, 1.54) is 12.1 Å². The van der Waals surface area contributed by atoms with Crippen LogP contribution in [-0.2, 0) is 16.6 Å². The molecule has 0 radical (unpaired) electrons. The van der Waals surface area contributed by atoms with Gasteiger partial charge in [0.05, 0.1) is 17.1 Å². The zero-order valence-corrected chi connectivity index (χ0v) is 15.6. The van der Waals surface area contributed by atoms with Gasteiger partial charge in [-0.25, -0.2) is 17.7 Å². The lowest BCUT2D eigenvalue weighted by atomic mass is 10.1. The average Bonchev–Trinajstić information content (AvgIpc) is 2.68. The molecular formula is C20H18N4O3S. The number of sulfonamides is 1. The average molecular weight is 394 g/mol. The van der Waals surface area contributed by atoms with E-state index in [0.29, 0.717) is 28.4 Å². The molecule has 0 aliphatic carbocycles. The van der Waals surface area contributed by atoms with E-state index in [-0.39, 0.29) is 17.4 Å². The highest BCUT2D eigenvalue weighted by molar-refractivity contribution is 7.89. The summed E-state index contributed by atoms with van der Waals surface area (Å²) in [6, 6.07) is 20.4. The van der Waals surface area contributed by atoms with Gasteiger partial charge < -0.3 is 16.2 Å². The molecular weight excluding hydrogens is 376 g/mol. The first-order chi connectivity index (χ1) is 13.4. The fourth-order valence-electron chi connectivity index (χ4n) is 2.92. The first-order valence-corrected chi connectivity index (χ1v) is 9.96. The van der Waals surface area contributed by atoms with Gasteiger partial charge in [0.1, 0.15) is 11.5 Å². The van der Waals surface area contributed by atoms with Gasteiger partial charge in [-0.3, -0.25) is 0 Å². The third kappa shape index (κ3) is 3.37. The Labute approximate surface area is 162 Å². The normalized spacial score (nSPS) is 13.6. The number of rotatable bonds is 4. The molecule has 7 nitrogen and oxygen atoms in total. The Balaban J connectivity index is 1.65. The summed E-state index contributed by atoms with van der Waals surface area (Å²) >= 11 is 0. The van der Waals surface area contributed by atoms with Crippen molar-refractivity contribution in [3.8, 4) is 11.5 Å². The lowest BCUT2D eigenvalue weighted by molar-refractivity contribution is 0.479. The van der Waals surface area contributed by atoms with E-state index in [2.05, 4.69) is 4.99 Å². The number of nitrogens with two attached hydrogens (primary N) is 2. The van der Waals surface area contributed by atoms with Crippen LogP contribution in [0, 0.1) is 0 Å². The molecule has 0 bridgehead atoms. The number of benzene rings is 3. The Bertz CT molecular complexity index is 1160. The minimum atomic E-state index is -3.81. The van der Waals surface area contributed by atoms with Crippen molar-refractivity contribution in [3.05, 3.63) is 78.4 Å². The summed E-state index contributed by atoms with van der Waals surface area (Å²) in [5, 5.41) is 0. The predicted molar refractivity (Wildman–Crippen MR) is 108 cm³/mol. The number of hydrogen-bond donors (Lipinski definition) is 2. The molecule has 0 saturated heterocycles. The van der Waals surface area contributed by atoms with Gasteiger partial charge in [0.2, 0.25) is 5.96 Å². The summed E-state index contributed by atoms with van der Waals surface area (Å²) in [5.41, 5.74) is 13.6. The highest BCUT2D eigenvalue weighted by Gasteiger charge is 2.30. The summed E-state index contributed by atoms with van der Waals surface area (Å²) in [5.74, 6) is 1.07. The molecule has 142 valence electrons. The Hall–Kier alpha value is -3.52. The Morgan fingerprint density at radius 3 is 2.39 bits per heavy atom. The third-order valence-corrected chi connectivity index (χ3v) is 6.04. The summed E-state index contributed by atoms with van der Waals surface area (Å²) in [4.78, 5) is 4.40. The van der Waals surface area contributed by atoms with Crippen LogP contribution >= 0.6 is 0 Å². The molecule has 0 unspecified atom stereocenters. The standard InChI is InChI=1S/C20H18N4O3S/c21-15-5-4-6-16(12-15)27-17-9-10-19-14(11-17)13-24(20(22)23-19)28(25,26)18-7-2-1-3-8-18/h1-12H,13,21H2,(H2,22,23). The van der Waals surface area contributed by atoms with Crippen LogP contribution in [0.3, 0.4) is 0 Å². The molecule has 28 heavy (non-hydrogen) atoms. The van der Waals surface area contributed by atoms with Crippen molar-refractivity contribution in [2.75, 3.05) is 5.73 Å². The number of ether oxygens (including phenoxy) is 1. The minimum Gasteiger partial charge on any atom is -0.457 e. The number of nitrogens with zero attached hydrogens (tertiary/aromatic N) is 2. The second kappa shape index (κ2) is 6.90. The highest BCUT2D eigenvalue weighted by atomic mass is 32.2.